The molecule has 1 amide bonds. The first-order valence-electron chi connectivity index (χ1n) is 8.12. The van der Waals surface area contributed by atoms with Gasteiger partial charge in [0, 0.05) is 19.3 Å². The van der Waals surface area contributed by atoms with Gasteiger partial charge in [0.1, 0.15) is 6.04 Å². The van der Waals surface area contributed by atoms with Crippen LogP contribution in [0.4, 0.5) is 0 Å². The number of sulfonamides is 1. The number of amides is 1. The van der Waals surface area contributed by atoms with E-state index in [1.165, 1.54) is 10.6 Å². The van der Waals surface area contributed by atoms with Crippen LogP contribution >= 0.6 is 0 Å². The lowest BCUT2D eigenvalue weighted by molar-refractivity contribution is -0.135. The van der Waals surface area contributed by atoms with Crippen LogP contribution < -0.4 is 0 Å². The molecule has 3 heterocycles. The van der Waals surface area contributed by atoms with Gasteiger partial charge in [-0.05, 0) is 38.2 Å². The number of rotatable bonds is 4. The molecule has 7 nitrogen and oxygen atoms in total. The van der Waals surface area contributed by atoms with E-state index in [4.69, 9.17) is 0 Å². The van der Waals surface area contributed by atoms with Crippen molar-refractivity contribution in [3.05, 3.63) is 18.0 Å². The lowest BCUT2D eigenvalue weighted by Gasteiger charge is -2.30. The lowest BCUT2D eigenvalue weighted by atomic mass is 10.1. The highest BCUT2D eigenvalue weighted by Gasteiger charge is 2.41. The van der Waals surface area contributed by atoms with Crippen LogP contribution in [0.15, 0.2) is 12.4 Å². The van der Waals surface area contributed by atoms with Gasteiger partial charge in [-0.3, -0.25) is 9.48 Å². The van der Waals surface area contributed by atoms with Gasteiger partial charge in [0.2, 0.25) is 15.9 Å². The van der Waals surface area contributed by atoms with E-state index in [-0.39, 0.29) is 11.9 Å². The molecule has 0 aliphatic carbocycles. The smallest absolute Gasteiger partial charge is 0.241 e. The molecule has 0 N–H and O–H groups in total. The molecule has 0 spiro atoms. The van der Waals surface area contributed by atoms with Gasteiger partial charge in [-0.25, -0.2) is 8.42 Å². The fourth-order valence-electron chi connectivity index (χ4n) is 3.67. The summed E-state index contributed by atoms with van der Waals surface area (Å²) in [6, 6.07) is -0.422. The standard InChI is InChI=1S/C15H24N4O3S/c1-12-9-16-17(10-12)11-13-5-3-7-18(13)15(20)14-6-4-8-19(14)23(2,21)22/h9-10,13-14H,3-8,11H2,1-2H3. The Morgan fingerprint density at radius 2 is 2.04 bits per heavy atom. The number of hydrogen-bond acceptors (Lipinski definition) is 4. The van der Waals surface area contributed by atoms with Gasteiger partial charge in [0.25, 0.3) is 0 Å². The minimum absolute atomic E-state index is 0.0423. The van der Waals surface area contributed by atoms with Crippen molar-refractivity contribution in [1.82, 2.24) is 19.0 Å². The van der Waals surface area contributed by atoms with Gasteiger partial charge in [-0.15, -0.1) is 0 Å². The van der Waals surface area contributed by atoms with E-state index in [1.54, 1.807) is 0 Å². The van der Waals surface area contributed by atoms with E-state index < -0.39 is 16.1 Å². The molecule has 2 unspecified atom stereocenters. The molecule has 2 atom stereocenters. The van der Waals surface area contributed by atoms with Crippen molar-refractivity contribution >= 4 is 15.9 Å². The summed E-state index contributed by atoms with van der Waals surface area (Å²) in [5.41, 5.74) is 1.10. The predicted molar refractivity (Wildman–Crippen MR) is 86.3 cm³/mol. The second kappa shape index (κ2) is 6.24. The van der Waals surface area contributed by atoms with Gasteiger partial charge in [-0.1, -0.05) is 0 Å². The molecule has 1 aromatic rings. The van der Waals surface area contributed by atoms with Gasteiger partial charge in [0.15, 0.2) is 0 Å². The number of aromatic nitrogens is 2. The van der Waals surface area contributed by atoms with Gasteiger partial charge >= 0.3 is 0 Å². The molecule has 2 fully saturated rings. The maximum absolute atomic E-state index is 12.9. The third-order valence-corrected chi connectivity index (χ3v) is 6.02. The number of hydrogen-bond donors (Lipinski definition) is 0. The molecule has 0 aromatic carbocycles. The SMILES string of the molecule is Cc1cnn(CC2CCCN2C(=O)C2CCCN2S(C)(=O)=O)c1. The molecule has 3 rings (SSSR count). The minimum atomic E-state index is -3.33. The largest absolute Gasteiger partial charge is 0.336 e. The summed E-state index contributed by atoms with van der Waals surface area (Å²) in [5, 5.41) is 4.30. The summed E-state index contributed by atoms with van der Waals surface area (Å²) < 4.78 is 27.0. The number of carbonyl (C=O) groups is 1. The summed E-state index contributed by atoms with van der Waals surface area (Å²) in [6.45, 7) is 3.82. The van der Waals surface area contributed by atoms with Gasteiger partial charge in [-0.2, -0.15) is 9.40 Å². The van der Waals surface area contributed by atoms with Crippen molar-refractivity contribution in [2.75, 3.05) is 19.3 Å². The summed E-state index contributed by atoms with van der Waals surface area (Å²) in [7, 11) is -3.33. The van der Waals surface area contributed by atoms with Crippen LogP contribution in [0.3, 0.4) is 0 Å². The lowest BCUT2D eigenvalue weighted by Crippen LogP contribution is -2.49. The van der Waals surface area contributed by atoms with Crippen molar-refractivity contribution in [2.45, 2.75) is 51.2 Å². The molecular formula is C15H24N4O3S. The van der Waals surface area contributed by atoms with Crippen LogP contribution in [-0.2, 0) is 21.4 Å². The first-order valence-corrected chi connectivity index (χ1v) is 9.97. The summed E-state index contributed by atoms with van der Waals surface area (Å²) >= 11 is 0. The maximum Gasteiger partial charge on any atom is 0.241 e. The zero-order chi connectivity index (χ0) is 16.6. The van der Waals surface area contributed by atoms with Crippen LogP contribution in [0, 0.1) is 6.92 Å². The Kier molecular flexibility index (Phi) is 4.46. The first-order chi connectivity index (χ1) is 10.9. The van der Waals surface area contributed by atoms with Crippen molar-refractivity contribution in [3.63, 3.8) is 0 Å². The fourth-order valence-corrected chi connectivity index (χ4v) is 4.79. The average Bonchev–Trinajstić information content (AvgIpc) is 3.18. The molecule has 8 heteroatoms. The molecule has 0 saturated carbocycles. The summed E-state index contributed by atoms with van der Waals surface area (Å²) in [6.07, 6.45) is 8.24. The van der Waals surface area contributed by atoms with E-state index >= 15 is 0 Å². The highest BCUT2D eigenvalue weighted by atomic mass is 32.2. The summed E-state index contributed by atoms with van der Waals surface area (Å²) in [5.74, 6) is -0.0423. The molecule has 2 saturated heterocycles. The zero-order valence-electron chi connectivity index (χ0n) is 13.7. The van der Waals surface area contributed by atoms with Crippen molar-refractivity contribution in [1.29, 1.82) is 0 Å². The number of aryl methyl sites for hydroxylation is 1. The second-order valence-corrected chi connectivity index (χ2v) is 8.53. The van der Waals surface area contributed by atoms with Gasteiger partial charge < -0.3 is 4.90 Å². The number of likely N-dealkylation sites (tertiary alicyclic amines) is 1. The Labute approximate surface area is 137 Å². The Morgan fingerprint density at radius 3 is 2.70 bits per heavy atom. The second-order valence-electron chi connectivity index (χ2n) is 6.60. The van der Waals surface area contributed by atoms with Gasteiger partial charge in [0.05, 0.1) is 25.0 Å². The number of carbonyl (C=O) groups excluding carboxylic acids is 1. The highest BCUT2D eigenvalue weighted by Crippen LogP contribution is 2.26. The minimum Gasteiger partial charge on any atom is -0.336 e. The molecular weight excluding hydrogens is 316 g/mol. The first kappa shape index (κ1) is 16.4. The topological polar surface area (TPSA) is 75.5 Å². The molecule has 2 aliphatic rings. The Bertz CT molecular complexity index is 685. The maximum atomic E-state index is 12.9. The monoisotopic (exact) mass is 340 g/mol. The van der Waals surface area contributed by atoms with E-state index in [2.05, 4.69) is 5.10 Å². The highest BCUT2D eigenvalue weighted by molar-refractivity contribution is 7.88. The van der Waals surface area contributed by atoms with Crippen LogP contribution in [0.1, 0.15) is 31.2 Å². The molecule has 128 valence electrons. The predicted octanol–water partition coefficient (Wildman–Crippen LogP) is 0.607. The van der Waals surface area contributed by atoms with Crippen LogP contribution in [0.5, 0.6) is 0 Å². The van der Waals surface area contributed by atoms with Crippen molar-refractivity contribution in [3.8, 4) is 0 Å². The fraction of sp³-hybridized carbons (Fsp3) is 0.733. The van der Waals surface area contributed by atoms with Crippen LogP contribution in [0.25, 0.3) is 0 Å². The average molecular weight is 340 g/mol. The van der Waals surface area contributed by atoms with E-state index in [1.807, 2.05) is 28.9 Å². The molecule has 0 bridgehead atoms. The van der Waals surface area contributed by atoms with Crippen LogP contribution in [-0.4, -0.2) is 64.7 Å². The van der Waals surface area contributed by atoms with E-state index in [9.17, 15) is 13.2 Å². The van der Waals surface area contributed by atoms with Crippen LogP contribution in [0.2, 0.25) is 0 Å². The quantitative estimate of drug-likeness (QED) is 0.805. The molecule has 2 aliphatic heterocycles. The Balaban J connectivity index is 1.73. The molecule has 1 aromatic heterocycles. The van der Waals surface area contributed by atoms with E-state index in [0.29, 0.717) is 26.1 Å². The number of nitrogens with zero attached hydrogens (tertiary/aromatic N) is 4. The molecule has 0 radical (unpaired) electrons. The summed E-state index contributed by atoms with van der Waals surface area (Å²) in [4.78, 5) is 14.8. The van der Waals surface area contributed by atoms with Crippen molar-refractivity contribution < 1.29 is 13.2 Å². The van der Waals surface area contributed by atoms with Crippen molar-refractivity contribution in [2.24, 2.45) is 0 Å². The zero-order valence-corrected chi connectivity index (χ0v) is 14.5. The Hall–Kier alpha value is -1.41. The molecule has 23 heavy (non-hydrogen) atoms. The third kappa shape index (κ3) is 3.42. The normalized spacial score (nSPS) is 26.1. The van der Waals surface area contributed by atoms with E-state index in [0.717, 1.165) is 24.8 Å². The third-order valence-electron chi connectivity index (χ3n) is 4.74. The Morgan fingerprint density at radius 1 is 1.30 bits per heavy atom.